The standard InChI is InChI=1S/C20H18FIN4O6/c1-9(11-2-3-13-14(8-11)32-20(21,22)31-13)25-19(30)26-16(18(28)29)12(17(26)27)6-10-4-5-24-15(23)7-10/h2-5,7-9,12,16H,6H2,1H3,(H2,23,24)(H,25,30)(H,28,29)/t9-,12+,16-,20-/m0/s1. The van der Waals surface area contributed by atoms with Crippen molar-refractivity contribution >= 4 is 46.3 Å². The number of nitrogen functional groups attached to an aromatic ring is 1. The van der Waals surface area contributed by atoms with Crippen LogP contribution in [0.3, 0.4) is 0 Å². The summed E-state index contributed by atoms with van der Waals surface area (Å²) in [5, 5.41) is 12.2. The van der Waals surface area contributed by atoms with Gasteiger partial charge in [-0.15, -0.1) is 4.39 Å². The molecular formula is C20H18FIN4O6. The van der Waals surface area contributed by atoms with Crippen LogP contribution in [0.2, 0.25) is 0 Å². The average Bonchev–Trinajstić information content (AvgIpc) is 3.02. The van der Waals surface area contributed by atoms with Gasteiger partial charge in [-0.1, -0.05) is 6.07 Å². The monoisotopic (exact) mass is 556 g/mol. The molecule has 2 aliphatic rings. The van der Waals surface area contributed by atoms with Crippen molar-refractivity contribution in [1.82, 2.24) is 15.2 Å². The van der Waals surface area contributed by atoms with Crippen LogP contribution in [0.4, 0.5) is 15.0 Å². The number of aromatic nitrogens is 1. The summed E-state index contributed by atoms with van der Waals surface area (Å²) in [5.74, 6) is -2.16. The summed E-state index contributed by atoms with van der Waals surface area (Å²) in [6, 6.07) is 5.02. The third-order valence-electron chi connectivity index (χ3n) is 5.25. The number of hydrogen-bond acceptors (Lipinski definition) is 7. The van der Waals surface area contributed by atoms with Gasteiger partial charge >= 0.3 is 16.0 Å². The number of β-lactam (4-membered cyclic amide) rings is 1. The topological polar surface area (TPSA) is 144 Å². The fourth-order valence-corrected chi connectivity index (χ4v) is 4.18. The Morgan fingerprint density at radius 1 is 1.34 bits per heavy atom. The maximum atomic E-state index is 13.8. The highest BCUT2D eigenvalue weighted by molar-refractivity contribution is 14.1. The maximum absolute atomic E-state index is 13.8. The van der Waals surface area contributed by atoms with Crippen molar-refractivity contribution in [3.63, 3.8) is 0 Å². The summed E-state index contributed by atoms with van der Waals surface area (Å²) in [6.07, 6.45) is 1.58. The van der Waals surface area contributed by atoms with Crippen LogP contribution in [0.25, 0.3) is 0 Å². The Hall–Kier alpha value is -3.16. The van der Waals surface area contributed by atoms with Crippen LogP contribution < -0.4 is 20.5 Å². The molecule has 2 aliphatic heterocycles. The van der Waals surface area contributed by atoms with Gasteiger partial charge in [0.25, 0.3) is 0 Å². The van der Waals surface area contributed by atoms with Gasteiger partial charge in [0, 0.05) is 6.20 Å². The maximum Gasteiger partial charge on any atom is 0.462 e. The molecule has 0 spiro atoms. The third kappa shape index (κ3) is 4.13. The molecule has 2 aromatic rings. The second-order valence-corrected chi connectivity index (χ2v) is 8.72. The van der Waals surface area contributed by atoms with E-state index >= 15 is 0 Å². The van der Waals surface area contributed by atoms with Gasteiger partial charge in [0.05, 0.1) is 34.6 Å². The summed E-state index contributed by atoms with van der Waals surface area (Å²) in [7, 11) is 0. The Morgan fingerprint density at radius 3 is 2.75 bits per heavy atom. The van der Waals surface area contributed by atoms with Gasteiger partial charge in [-0.3, -0.25) is 4.79 Å². The highest BCUT2D eigenvalue weighted by Gasteiger charge is 2.54. The van der Waals surface area contributed by atoms with Crippen LogP contribution in [0.5, 0.6) is 11.5 Å². The van der Waals surface area contributed by atoms with Crippen LogP contribution in [-0.2, 0) is 16.0 Å². The van der Waals surface area contributed by atoms with Crippen molar-refractivity contribution in [2.24, 2.45) is 5.92 Å². The number of fused-ring (bicyclic) bond motifs is 1. The predicted octanol–water partition coefficient (Wildman–Crippen LogP) is 2.38. The second-order valence-electron chi connectivity index (χ2n) is 7.44. The first kappa shape index (κ1) is 22.0. The van der Waals surface area contributed by atoms with Crippen LogP contribution in [0, 0.1) is 5.92 Å². The Kier molecular flexibility index (Phi) is 5.56. The minimum atomic E-state index is -2.31. The Bertz CT molecular complexity index is 1110. The number of carbonyl (C=O) groups excluding carboxylic acids is 2. The highest BCUT2D eigenvalue weighted by atomic mass is 127. The summed E-state index contributed by atoms with van der Waals surface area (Å²) in [4.78, 5) is 41.7. The number of carboxylic acid groups (broad SMARTS) is 1. The molecule has 1 fully saturated rings. The lowest BCUT2D eigenvalue weighted by molar-refractivity contribution is -0.165. The van der Waals surface area contributed by atoms with Gasteiger partial charge in [-0.25, -0.2) is 19.5 Å². The van der Waals surface area contributed by atoms with E-state index in [2.05, 4.69) is 10.3 Å². The van der Waals surface area contributed by atoms with Gasteiger partial charge < -0.3 is 25.6 Å². The summed E-state index contributed by atoms with van der Waals surface area (Å²) in [6.45, 7) is 1.64. The molecule has 1 aromatic heterocycles. The fraction of sp³-hybridized carbons (Fsp3) is 0.300. The molecule has 10 nitrogen and oxygen atoms in total. The number of pyridine rings is 1. The molecule has 0 radical (unpaired) electrons. The molecule has 4 N–H and O–H groups in total. The molecule has 3 heterocycles. The Morgan fingerprint density at radius 2 is 2.06 bits per heavy atom. The van der Waals surface area contributed by atoms with E-state index in [0.29, 0.717) is 16.0 Å². The molecule has 168 valence electrons. The second kappa shape index (κ2) is 8.07. The van der Waals surface area contributed by atoms with E-state index in [1.54, 1.807) is 25.1 Å². The van der Waals surface area contributed by atoms with Crippen molar-refractivity contribution in [2.45, 2.75) is 29.5 Å². The van der Waals surface area contributed by atoms with E-state index in [-0.39, 0.29) is 23.7 Å². The number of rotatable bonds is 5. The molecule has 0 bridgehead atoms. The quantitative estimate of drug-likeness (QED) is 0.290. The number of anilines is 1. The van der Waals surface area contributed by atoms with Gasteiger partial charge in [-0.05, 0) is 48.7 Å². The number of carboxylic acids is 1. The van der Waals surface area contributed by atoms with Crippen LogP contribution >= 0.6 is 22.6 Å². The molecule has 4 atom stereocenters. The summed E-state index contributed by atoms with van der Waals surface area (Å²) < 4.78 is 21.6. The molecule has 4 rings (SSSR count). The average molecular weight is 556 g/mol. The summed E-state index contributed by atoms with van der Waals surface area (Å²) in [5.41, 5.74) is 6.83. The first-order chi connectivity index (χ1) is 15.1. The van der Waals surface area contributed by atoms with E-state index in [0.717, 1.165) is 0 Å². The van der Waals surface area contributed by atoms with Crippen LogP contribution in [0.15, 0.2) is 36.5 Å². The zero-order valence-corrected chi connectivity index (χ0v) is 18.8. The first-order valence-electron chi connectivity index (χ1n) is 9.52. The number of amides is 3. The zero-order valence-electron chi connectivity index (χ0n) is 16.6. The fourth-order valence-electron chi connectivity index (χ4n) is 3.70. The molecular weight excluding hydrogens is 538 g/mol. The van der Waals surface area contributed by atoms with Crippen molar-refractivity contribution in [1.29, 1.82) is 0 Å². The number of hydrogen-bond donors (Lipinski definition) is 3. The first-order valence-corrected chi connectivity index (χ1v) is 10.6. The number of nitrogens with one attached hydrogen (secondary N) is 1. The lowest BCUT2D eigenvalue weighted by Gasteiger charge is -2.43. The lowest BCUT2D eigenvalue weighted by Crippen LogP contribution is -2.68. The van der Waals surface area contributed by atoms with E-state index in [1.807, 2.05) is 0 Å². The number of urea groups is 1. The number of halogens is 2. The number of imide groups is 1. The highest BCUT2D eigenvalue weighted by Crippen LogP contribution is 2.44. The number of ether oxygens (including phenoxy) is 2. The van der Waals surface area contributed by atoms with E-state index in [1.165, 1.54) is 40.9 Å². The van der Waals surface area contributed by atoms with Crippen molar-refractivity contribution in [3.8, 4) is 11.5 Å². The molecule has 0 unspecified atom stereocenters. The van der Waals surface area contributed by atoms with Crippen molar-refractivity contribution < 1.29 is 33.4 Å². The molecule has 0 aliphatic carbocycles. The van der Waals surface area contributed by atoms with Crippen molar-refractivity contribution in [3.05, 3.63) is 47.7 Å². The molecule has 1 saturated heterocycles. The molecule has 0 saturated carbocycles. The number of likely N-dealkylation sites (tertiary alicyclic amines) is 1. The van der Waals surface area contributed by atoms with E-state index in [4.69, 9.17) is 15.2 Å². The molecule has 1 aromatic carbocycles. The normalized spacial score (nSPS) is 24.6. The minimum Gasteiger partial charge on any atom is -0.480 e. The van der Waals surface area contributed by atoms with Gasteiger partial charge in [0.15, 0.2) is 17.5 Å². The van der Waals surface area contributed by atoms with E-state index < -0.39 is 40.0 Å². The zero-order chi connectivity index (χ0) is 23.2. The van der Waals surface area contributed by atoms with Crippen molar-refractivity contribution in [2.75, 3.05) is 5.73 Å². The smallest absolute Gasteiger partial charge is 0.462 e. The SMILES string of the molecule is C[C@H](NC(=O)N1C(=O)[C@H](Cc2ccnc(N)c2)[C@H]1C(=O)O)c1ccc2c(c1)O[C@@](F)(I)O2. The van der Waals surface area contributed by atoms with Gasteiger partial charge in [0.1, 0.15) is 5.82 Å². The number of alkyl halides is 2. The lowest BCUT2D eigenvalue weighted by atomic mass is 9.82. The number of carbonyl (C=O) groups is 3. The van der Waals surface area contributed by atoms with Crippen LogP contribution in [-0.4, -0.2) is 43.0 Å². The van der Waals surface area contributed by atoms with Gasteiger partial charge in [-0.2, -0.15) is 0 Å². The number of nitrogens with zero attached hydrogens (tertiary/aromatic N) is 2. The van der Waals surface area contributed by atoms with E-state index in [9.17, 15) is 23.9 Å². The van der Waals surface area contributed by atoms with Crippen LogP contribution in [0.1, 0.15) is 24.1 Å². The molecule has 3 amide bonds. The molecule has 12 heteroatoms. The Labute approximate surface area is 195 Å². The summed E-state index contributed by atoms with van der Waals surface area (Å²) >= 11 is 1.36. The predicted molar refractivity (Wildman–Crippen MR) is 117 cm³/mol. The number of nitrogens with two attached hydrogens (primary N) is 1. The Balaban J connectivity index is 1.45. The number of benzene rings is 1. The van der Waals surface area contributed by atoms with Gasteiger partial charge in [0.2, 0.25) is 5.91 Å². The third-order valence-corrected chi connectivity index (χ3v) is 5.69. The number of aliphatic carboxylic acids is 1. The minimum absolute atomic E-state index is 0.116. The largest absolute Gasteiger partial charge is 0.480 e. The molecule has 32 heavy (non-hydrogen) atoms.